The minimum Gasteiger partial charge on any atom is -0.329 e. The van der Waals surface area contributed by atoms with E-state index in [1.54, 1.807) is 0 Å². The molecule has 0 amide bonds. The van der Waals surface area contributed by atoms with Crippen LogP contribution in [0, 0.1) is 0 Å². The first kappa shape index (κ1) is 17.9. The molecule has 0 heterocycles. The molecule has 0 aromatic heterocycles. The van der Waals surface area contributed by atoms with Gasteiger partial charge in [-0.1, -0.05) is 18.2 Å². The molecule has 0 unspecified atom stereocenters. The molecule has 0 aliphatic rings. The van der Waals surface area contributed by atoms with Crippen LogP contribution in [-0.4, -0.2) is 6.54 Å². The van der Waals surface area contributed by atoms with Crippen molar-refractivity contribution in [1.29, 1.82) is 0 Å². The predicted octanol–water partition coefficient (Wildman–Crippen LogP) is 2.51. The average Bonchev–Trinajstić information content (AvgIpc) is 2.15. The highest BCUT2D eigenvalue weighted by Gasteiger charge is 2.33. The lowest BCUT2D eigenvalue weighted by molar-refractivity contribution is -0.138. The van der Waals surface area contributed by atoms with Gasteiger partial charge in [0.05, 0.1) is 5.56 Å². The summed E-state index contributed by atoms with van der Waals surface area (Å²) in [5.41, 5.74) is 10.0. The van der Waals surface area contributed by atoms with E-state index in [4.69, 9.17) is 11.5 Å². The minimum atomic E-state index is -4.37. The van der Waals surface area contributed by atoms with Crippen molar-refractivity contribution in [3.8, 4) is 0 Å². The second kappa shape index (κ2) is 6.96. The van der Waals surface area contributed by atoms with Crippen molar-refractivity contribution in [2.24, 2.45) is 11.5 Å². The molecule has 1 aromatic rings. The molecule has 0 aliphatic carbocycles. The highest BCUT2D eigenvalue weighted by atomic mass is 35.5. The molecule has 7 heteroatoms. The summed E-state index contributed by atoms with van der Waals surface area (Å²) >= 11 is 0. The van der Waals surface area contributed by atoms with Crippen LogP contribution < -0.4 is 11.5 Å². The van der Waals surface area contributed by atoms with Gasteiger partial charge < -0.3 is 11.5 Å². The third-order valence-corrected chi connectivity index (χ3v) is 1.92. The van der Waals surface area contributed by atoms with Crippen LogP contribution in [0.4, 0.5) is 13.2 Å². The van der Waals surface area contributed by atoms with E-state index in [0.29, 0.717) is 0 Å². The number of rotatable bonds is 2. The average molecular weight is 277 g/mol. The lowest BCUT2D eigenvalue weighted by Crippen LogP contribution is -2.24. The highest BCUT2D eigenvalue weighted by molar-refractivity contribution is 5.85. The largest absolute Gasteiger partial charge is 0.416 e. The van der Waals surface area contributed by atoms with Gasteiger partial charge in [0.2, 0.25) is 0 Å². The van der Waals surface area contributed by atoms with Gasteiger partial charge in [-0.2, -0.15) is 13.2 Å². The number of alkyl halides is 3. The predicted molar refractivity (Wildman–Crippen MR) is 61.9 cm³/mol. The van der Waals surface area contributed by atoms with Crippen LogP contribution in [0.2, 0.25) is 0 Å². The molecular formula is C9H13Cl2F3N2. The molecule has 0 bridgehead atoms. The maximum Gasteiger partial charge on any atom is 0.416 e. The summed E-state index contributed by atoms with van der Waals surface area (Å²) in [5, 5.41) is 0. The molecule has 16 heavy (non-hydrogen) atoms. The van der Waals surface area contributed by atoms with Crippen LogP contribution in [0.5, 0.6) is 0 Å². The minimum absolute atomic E-state index is 0. The van der Waals surface area contributed by atoms with Crippen LogP contribution in [-0.2, 0) is 6.18 Å². The zero-order valence-corrected chi connectivity index (χ0v) is 9.83. The smallest absolute Gasteiger partial charge is 0.329 e. The SMILES string of the molecule is Cl.Cl.NC[C@@H](N)c1ccccc1C(F)(F)F. The molecule has 0 fully saturated rings. The molecule has 0 saturated carbocycles. The van der Waals surface area contributed by atoms with Crippen LogP contribution in [0.3, 0.4) is 0 Å². The number of halogens is 5. The Bertz CT molecular complexity index is 318. The second-order valence-electron chi connectivity index (χ2n) is 2.93. The quantitative estimate of drug-likeness (QED) is 0.872. The summed E-state index contributed by atoms with van der Waals surface area (Å²) in [4.78, 5) is 0. The van der Waals surface area contributed by atoms with Gasteiger partial charge in [-0.3, -0.25) is 0 Å². The topological polar surface area (TPSA) is 52.0 Å². The van der Waals surface area contributed by atoms with E-state index in [2.05, 4.69) is 0 Å². The maximum absolute atomic E-state index is 12.4. The Morgan fingerprint density at radius 3 is 2.06 bits per heavy atom. The Balaban J connectivity index is 0. The van der Waals surface area contributed by atoms with Crippen LogP contribution in [0.25, 0.3) is 0 Å². The fourth-order valence-electron chi connectivity index (χ4n) is 1.21. The summed E-state index contributed by atoms with van der Waals surface area (Å²) in [5.74, 6) is 0. The molecule has 0 saturated heterocycles. The molecule has 4 N–H and O–H groups in total. The van der Waals surface area contributed by atoms with Crippen molar-refractivity contribution in [2.75, 3.05) is 6.54 Å². The molecule has 1 aromatic carbocycles. The monoisotopic (exact) mass is 276 g/mol. The van der Waals surface area contributed by atoms with Crippen LogP contribution in [0.1, 0.15) is 17.2 Å². The first-order valence-electron chi connectivity index (χ1n) is 4.08. The van der Waals surface area contributed by atoms with E-state index in [-0.39, 0.29) is 36.9 Å². The Hall–Kier alpha value is -0.490. The van der Waals surface area contributed by atoms with Gasteiger partial charge in [-0.15, -0.1) is 24.8 Å². The summed E-state index contributed by atoms with van der Waals surface area (Å²) in [7, 11) is 0. The van der Waals surface area contributed by atoms with Crippen molar-refractivity contribution in [1.82, 2.24) is 0 Å². The summed E-state index contributed by atoms with van der Waals surface area (Å²) in [6.45, 7) is -0.00685. The van der Waals surface area contributed by atoms with Gasteiger partial charge in [0.15, 0.2) is 0 Å². The van der Waals surface area contributed by atoms with Crippen molar-refractivity contribution in [3.63, 3.8) is 0 Å². The lowest BCUT2D eigenvalue weighted by Gasteiger charge is -2.16. The zero-order valence-electron chi connectivity index (χ0n) is 8.20. The zero-order chi connectivity index (χ0) is 10.8. The standard InChI is InChI=1S/C9H11F3N2.2ClH/c10-9(11,12)7-4-2-1-3-6(7)8(14)5-13;;/h1-4,8H,5,13-14H2;2*1H/t8-;;/m1../s1. The van der Waals surface area contributed by atoms with E-state index >= 15 is 0 Å². The molecule has 2 nitrogen and oxygen atoms in total. The van der Waals surface area contributed by atoms with Crippen molar-refractivity contribution < 1.29 is 13.2 Å². The molecular weight excluding hydrogens is 264 g/mol. The van der Waals surface area contributed by atoms with Gasteiger partial charge in [0.25, 0.3) is 0 Å². The maximum atomic E-state index is 12.4. The van der Waals surface area contributed by atoms with Gasteiger partial charge in [0.1, 0.15) is 0 Å². The molecule has 1 atom stereocenters. The van der Waals surface area contributed by atoms with Gasteiger partial charge in [-0.05, 0) is 11.6 Å². The number of nitrogens with two attached hydrogens (primary N) is 2. The van der Waals surface area contributed by atoms with Crippen LogP contribution in [0.15, 0.2) is 24.3 Å². The Labute approximate surface area is 104 Å². The fourth-order valence-corrected chi connectivity index (χ4v) is 1.21. The lowest BCUT2D eigenvalue weighted by atomic mass is 10.0. The Kier molecular flexibility index (Phi) is 7.78. The van der Waals surface area contributed by atoms with E-state index in [0.717, 1.165) is 6.07 Å². The van der Waals surface area contributed by atoms with Crippen molar-refractivity contribution in [3.05, 3.63) is 35.4 Å². The first-order valence-corrected chi connectivity index (χ1v) is 4.08. The number of hydrogen-bond acceptors (Lipinski definition) is 2. The molecule has 0 radical (unpaired) electrons. The third kappa shape index (κ3) is 4.17. The van der Waals surface area contributed by atoms with Crippen molar-refractivity contribution >= 4 is 24.8 Å². The Morgan fingerprint density at radius 1 is 1.12 bits per heavy atom. The van der Waals surface area contributed by atoms with Crippen molar-refractivity contribution in [2.45, 2.75) is 12.2 Å². The van der Waals surface area contributed by atoms with E-state index in [1.807, 2.05) is 0 Å². The van der Waals surface area contributed by atoms with Gasteiger partial charge in [0, 0.05) is 12.6 Å². The van der Waals surface area contributed by atoms with Gasteiger partial charge in [-0.25, -0.2) is 0 Å². The second-order valence-corrected chi connectivity index (χ2v) is 2.93. The highest BCUT2D eigenvalue weighted by Crippen LogP contribution is 2.33. The Morgan fingerprint density at radius 2 is 1.62 bits per heavy atom. The van der Waals surface area contributed by atoms with E-state index in [9.17, 15) is 13.2 Å². The van der Waals surface area contributed by atoms with Crippen LogP contribution >= 0.6 is 24.8 Å². The summed E-state index contributed by atoms with van der Waals surface area (Å²) < 4.78 is 37.3. The fraction of sp³-hybridized carbons (Fsp3) is 0.333. The molecule has 0 aliphatic heterocycles. The normalized spacial score (nSPS) is 12.3. The number of benzene rings is 1. The van der Waals surface area contributed by atoms with Gasteiger partial charge >= 0.3 is 6.18 Å². The first-order chi connectivity index (χ1) is 6.46. The third-order valence-electron chi connectivity index (χ3n) is 1.92. The van der Waals surface area contributed by atoms with E-state index in [1.165, 1.54) is 18.2 Å². The van der Waals surface area contributed by atoms with E-state index < -0.39 is 17.8 Å². The summed E-state index contributed by atoms with van der Waals surface area (Å²) in [6, 6.07) is 4.42. The summed E-state index contributed by atoms with van der Waals surface area (Å²) in [6.07, 6.45) is -4.37. The molecule has 94 valence electrons. The molecule has 0 spiro atoms. The molecule has 1 rings (SSSR count). The number of hydrogen-bond donors (Lipinski definition) is 2.